The quantitative estimate of drug-likeness (QED) is 0.652. The summed E-state index contributed by atoms with van der Waals surface area (Å²) in [5.41, 5.74) is 1.44. The summed E-state index contributed by atoms with van der Waals surface area (Å²) in [5, 5.41) is 2.50. The molecule has 0 saturated carbocycles. The van der Waals surface area contributed by atoms with E-state index in [4.69, 9.17) is 13.9 Å². The normalized spacial score (nSPS) is 16.5. The minimum Gasteiger partial charge on any atom is -0.497 e. The summed E-state index contributed by atoms with van der Waals surface area (Å²) in [6, 6.07) is 9.35. The maximum absolute atomic E-state index is 13.1. The molecule has 1 fully saturated rings. The van der Waals surface area contributed by atoms with Crippen molar-refractivity contribution >= 4 is 17.2 Å². The summed E-state index contributed by atoms with van der Waals surface area (Å²) in [6.07, 6.45) is 3.44. The summed E-state index contributed by atoms with van der Waals surface area (Å²) in [7, 11) is 3.26. The van der Waals surface area contributed by atoms with Gasteiger partial charge in [0, 0.05) is 23.6 Å². The number of thiazole rings is 1. The van der Waals surface area contributed by atoms with Crippen LogP contribution in [-0.2, 0) is 0 Å². The van der Waals surface area contributed by atoms with E-state index in [-0.39, 0.29) is 11.9 Å². The monoisotopic (exact) mass is 384 g/mol. The molecule has 7 heteroatoms. The van der Waals surface area contributed by atoms with Gasteiger partial charge in [0.1, 0.15) is 17.2 Å². The number of ether oxygens (including phenoxy) is 2. The van der Waals surface area contributed by atoms with Crippen molar-refractivity contribution in [2.24, 2.45) is 0 Å². The van der Waals surface area contributed by atoms with Gasteiger partial charge in [-0.3, -0.25) is 4.79 Å². The Labute approximate surface area is 161 Å². The number of nitrogens with zero attached hydrogens (tertiary/aromatic N) is 2. The molecule has 3 heterocycles. The summed E-state index contributed by atoms with van der Waals surface area (Å²) < 4.78 is 16.2. The molecule has 140 valence electrons. The highest BCUT2D eigenvalue weighted by atomic mass is 32.1. The van der Waals surface area contributed by atoms with Gasteiger partial charge < -0.3 is 18.8 Å². The van der Waals surface area contributed by atoms with E-state index in [1.165, 1.54) is 11.3 Å². The van der Waals surface area contributed by atoms with Gasteiger partial charge in [0.2, 0.25) is 0 Å². The standard InChI is InChI=1S/C20H20N2O4S/c1-24-13-7-8-14(18(11-13)25-2)16-5-3-9-22(16)20(23)15-12-27-19(21-15)17-6-4-10-26-17/h4,6-8,10-12,16H,3,5,9H2,1-2H3. The number of amides is 1. The van der Waals surface area contributed by atoms with E-state index in [0.717, 1.165) is 29.9 Å². The molecule has 1 aliphatic rings. The van der Waals surface area contributed by atoms with Crippen LogP contribution in [0.5, 0.6) is 11.5 Å². The number of hydrogen-bond donors (Lipinski definition) is 0. The Morgan fingerprint density at radius 2 is 2.19 bits per heavy atom. The van der Waals surface area contributed by atoms with Crippen LogP contribution in [0.3, 0.4) is 0 Å². The van der Waals surface area contributed by atoms with Crippen LogP contribution in [0, 0.1) is 0 Å². The van der Waals surface area contributed by atoms with E-state index >= 15 is 0 Å². The van der Waals surface area contributed by atoms with Crippen LogP contribution in [0.2, 0.25) is 0 Å². The van der Waals surface area contributed by atoms with Gasteiger partial charge in [-0.1, -0.05) is 0 Å². The molecular weight excluding hydrogens is 364 g/mol. The lowest BCUT2D eigenvalue weighted by molar-refractivity contribution is 0.0729. The predicted molar refractivity (Wildman–Crippen MR) is 102 cm³/mol. The fourth-order valence-electron chi connectivity index (χ4n) is 3.46. The van der Waals surface area contributed by atoms with Crippen molar-refractivity contribution in [2.75, 3.05) is 20.8 Å². The summed E-state index contributed by atoms with van der Waals surface area (Å²) >= 11 is 1.41. The first-order valence-corrected chi connectivity index (χ1v) is 9.61. The molecule has 1 atom stereocenters. The van der Waals surface area contributed by atoms with Crippen LogP contribution >= 0.6 is 11.3 Å². The number of aromatic nitrogens is 1. The Bertz CT molecular complexity index is 935. The van der Waals surface area contributed by atoms with Gasteiger partial charge >= 0.3 is 0 Å². The van der Waals surface area contributed by atoms with Gasteiger partial charge in [-0.2, -0.15) is 0 Å². The van der Waals surface area contributed by atoms with E-state index in [0.29, 0.717) is 23.0 Å². The van der Waals surface area contributed by atoms with Crippen molar-refractivity contribution in [3.63, 3.8) is 0 Å². The van der Waals surface area contributed by atoms with Gasteiger partial charge in [0.25, 0.3) is 5.91 Å². The Balaban J connectivity index is 1.61. The van der Waals surface area contributed by atoms with E-state index in [9.17, 15) is 4.79 Å². The lowest BCUT2D eigenvalue weighted by atomic mass is 10.0. The van der Waals surface area contributed by atoms with Crippen molar-refractivity contribution in [3.8, 4) is 22.3 Å². The molecule has 0 N–H and O–H groups in total. The molecule has 2 aromatic heterocycles. The molecular formula is C20H20N2O4S. The lowest BCUT2D eigenvalue weighted by Crippen LogP contribution is -2.31. The molecule has 1 amide bonds. The van der Waals surface area contributed by atoms with Gasteiger partial charge in [0.15, 0.2) is 10.8 Å². The first-order chi connectivity index (χ1) is 13.2. The highest BCUT2D eigenvalue weighted by Gasteiger charge is 2.33. The third-order valence-corrected chi connectivity index (χ3v) is 5.63. The summed E-state index contributed by atoms with van der Waals surface area (Å²) in [4.78, 5) is 19.5. The molecule has 1 unspecified atom stereocenters. The van der Waals surface area contributed by atoms with Crippen LogP contribution in [-0.4, -0.2) is 36.6 Å². The van der Waals surface area contributed by atoms with Crippen molar-refractivity contribution in [1.82, 2.24) is 9.88 Å². The average Bonchev–Trinajstić information content (AvgIpc) is 3.47. The van der Waals surface area contributed by atoms with Crippen LogP contribution in [0.25, 0.3) is 10.8 Å². The van der Waals surface area contributed by atoms with Crippen LogP contribution < -0.4 is 9.47 Å². The Morgan fingerprint density at radius 3 is 2.93 bits per heavy atom. The van der Waals surface area contributed by atoms with E-state index in [1.807, 2.05) is 35.2 Å². The predicted octanol–water partition coefficient (Wildman–Crippen LogP) is 4.40. The molecule has 0 bridgehead atoms. The summed E-state index contributed by atoms with van der Waals surface area (Å²) in [6.45, 7) is 0.701. The molecule has 0 aliphatic carbocycles. The van der Waals surface area contributed by atoms with Gasteiger partial charge in [-0.15, -0.1) is 11.3 Å². The zero-order valence-electron chi connectivity index (χ0n) is 15.2. The Kier molecular flexibility index (Phi) is 4.85. The van der Waals surface area contributed by atoms with Crippen LogP contribution in [0.15, 0.2) is 46.4 Å². The van der Waals surface area contributed by atoms with Gasteiger partial charge in [-0.25, -0.2) is 4.98 Å². The number of carbonyl (C=O) groups is 1. The largest absolute Gasteiger partial charge is 0.497 e. The number of likely N-dealkylation sites (tertiary alicyclic amines) is 1. The minimum absolute atomic E-state index is 0.0351. The highest BCUT2D eigenvalue weighted by molar-refractivity contribution is 7.13. The SMILES string of the molecule is COc1ccc(C2CCCN2C(=O)c2csc(-c3ccco3)n2)c(OC)c1. The first kappa shape index (κ1) is 17.6. The van der Waals surface area contributed by atoms with E-state index in [2.05, 4.69) is 4.98 Å². The maximum atomic E-state index is 13.1. The molecule has 1 aromatic carbocycles. The lowest BCUT2D eigenvalue weighted by Gasteiger charge is -2.26. The minimum atomic E-state index is -0.0653. The molecule has 27 heavy (non-hydrogen) atoms. The molecule has 1 saturated heterocycles. The van der Waals surface area contributed by atoms with Crippen LogP contribution in [0.1, 0.15) is 34.9 Å². The molecule has 3 aromatic rings. The third-order valence-electron chi connectivity index (χ3n) is 4.77. The number of furan rings is 1. The fraction of sp³-hybridized carbons (Fsp3) is 0.300. The zero-order valence-corrected chi connectivity index (χ0v) is 16.0. The number of methoxy groups -OCH3 is 2. The van der Waals surface area contributed by atoms with E-state index < -0.39 is 0 Å². The van der Waals surface area contributed by atoms with Gasteiger partial charge in [0.05, 0.1) is 26.5 Å². The highest BCUT2D eigenvalue weighted by Crippen LogP contribution is 2.39. The van der Waals surface area contributed by atoms with E-state index in [1.54, 1.807) is 25.9 Å². The maximum Gasteiger partial charge on any atom is 0.273 e. The summed E-state index contributed by atoms with van der Waals surface area (Å²) in [5.74, 6) is 2.07. The van der Waals surface area contributed by atoms with Crippen molar-refractivity contribution in [2.45, 2.75) is 18.9 Å². The topological polar surface area (TPSA) is 64.8 Å². The zero-order chi connectivity index (χ0) is 18.8. The molecule has 6 nitrogen and oxygen atoms in total. The Morgan fingerprint density at radius 1 is 1.30 bits per heavy atom. The van der Waals surface area contributed by atoms with Gasteiger partial charge in [-0.05, 0) is 37.1 Å². The number of hydrogen-bond acceptors (Lipinski definition) is 6. The molecule has 4 rings (SSSR count). The first-order valence-electron chi connectivity index (χ1n) is 8.73. The Hall–Kier alpha value is -2.80. The number of benzene rings is 1. The van der Waals surface area contributed by atoms with Crippen LogP contribution in [0.4, 0.5) is 0 Å². The number of rotatable bonds is 5. The fourth-order valence-corrected chi connectivity index (χ4v) is 4.22. The second-order valence-electron chi connectivity index (χ2n) is 6.28. The van der Waals surface area contributed by atoms with Crippen molar-refractivity contribution < 1.29 is 18.7 Å². The average molecular weight is 384 g/mol. The molecule has 0 spiro atoms. The second-order valence-corrected chi connectivity index (χ2v) is 7.14. The number of carbonyl (C=O) groups excluding carboxylic acids is 1. The smallest absolute Gasteiger partial charge is 0.273 e. The third kappa shape index (κ3) is 3.30. The second kappa shape index (κ2) is 7.44. The molecule has 1 aliphatic heterocycles. The van der Waals surface area contributed by atoms with Crippen molar-refractivity contribution in [1.29, 1.82) is 0 Å². The van der Waals surface area contributed by atoms with Crippen molar-refractivity contribution in [3.05, 3.63) is 53.2 Å². The molecule has 0 radical (unpaired) electrons.